The van der Waals surface area contributed by atoms with E-state index in [1.165, 1.54) is 5.69 Å². The molecule has 2 aromatic heterocycles. The predicted octanol–water partition coefficient (Wildman–Crippen LogP) is 6.07. The van der Waals surface area contributed by atoms with Crippen molar-refractivity contribution in [1.82, 2.24) is 14.5 Å². The van der Waals surface area contributed by atoms with Gasteiger partial charge in [0.1, 0.15) is 17.2 Å². The number of aryl methyl sites for hydroxylation is 1. The molecule has 0 bridgehead atoms. The van der Waals surface area contributed by atoms with E-state index in [4.69, 9.17) is 9.72 Å². The second-order valence-corrected chi connectivity index (χ2v) is 9.61. The van der Waals surface area contributed by atoms with Gasteiger partial charge in [-0.3, -0.25) is 4.79 Å². The Morgan fingerprint density at radius 2 is 2.15 bits per heavy atom. The summed E-state index contributed by atoms with van der Waals surface area (Å²) >= 11 is 1.58. The SMILES string of the molecule is Cc1c(OCCCCn2c(-c3cscn3)nc3c2C=CCC3)ccc(C(=O)CC(C)C)c1O. The Morgan fingerprint density at radius 3 is 2.91 bits per heavy atom. The average Bonchev–Trinajstić information content (AvgIpc) is 3.44. The minimum atomic E-state index is -0.0363. The number of Topliss-reactive ketones (excluding diaryl/α,β-unsaturated/α-hetero) is 1. The number of benzene rings is 1. The summed E-state index contributed by atoms with van der Waals surface area (Å²) in [4.78, 5) is 21.7. The van der Waals surface area contributed by atoms with Crippen molar-refractivity contribution in [3.8, 4) is 23.0 Å². The molecule has 0 fully saturated rings. The fourth-order valence-corrected chi connectivity index (χ4v) is 4.67. The lowest BCUT2D eigenvalue weighted by Crippen LogP contribution is -2.08. The number of imidazole rings is 1. The van der Waals surface area contributed by atoms with Crippen LogP contribution in [0.5, 0.6) is 11.5 Å². The maximum atomic E-state index is 12.3. The first kappa shape index (κ1) is 23.2. The molecule has 0 aliphatic heterocycles. The molecule has 1 aliphatic carbocycles. The van der Waals surface area contributed by atoms with Crippen molar-refractivity contribution in [2.24, 2.45) is 5.92 Å². The highest BCUT2D eigenvalue weighted by Crippen LogP contribution is 2.32. The van der Waals surface area contributed by atoms with E-state index in [1.807, 2.05) is 24.7 Å². The third-order valence-electron chi connectivity index (χ3n) is 5.88. The third-order valence-corrected chi connectivity index (χ3v) is 6.46. The molecule has 6 nitrogen and oxygen atoms in total. The summed E-state index contributed by atoms with van der Waals surface area (Å²) in [7, 11) is 0. The van der Waals surface area contributed by atoms with Crippen LogP contribution in [0, 0.1) is 12.8 Å². The van der Waals surface area contributed by atoms with Gasteiger partial charge in [0.05, 0.1) is 29.1 Å². The van der Waals surface area contributed by atoms with Crippen molar-refractivity contribution in [2.75, 3.05) is 6.61 Å². The molecule has 0 amide bonds. The molecule has 174 valence electrons. The molecule has 7 heteroatoms. The van der Waals surface area contributed by atoms with E-state index in [0.717, 1.165) is 49.4 Å². The van der Waals surface area contributed by atoms with Crippen molar-refractivity contribution < 1.29 is 14.6 Å². The van der Waals surface area contributed by atoms with Gasteiger partial charge in [-0.2, -0.15) is 0 Å². The molecule has 0 saturated carbocycles. The van der Waals surface area contributed by atoms with Crippen molar-refractivity contribution in [2.45, 2.75) is 59.4 Å². The third kappa shape index (κ3) is 5.19. The first-order valence-corrected chi connectivity index (χ1v) is 12.5. The van der Waals surface area contributed by atoms with Gasteiger partial charge in [0.25, 0.3) is 0 Å². The van der Waals surface area contributed by atoms with Gasteiger partial charge in [0.2, 0.25) is 0 Å². The standard InChI is InChI=1S/C26H31N3O3S/c1-17(2)14-23(30)19-10-11-24(18(3)25(19)31)32-13-7-6-12-29-22-9-5-4-8-20(22)28-26(29)21-15-33-16-27-21/h5,9-11,15-17,31H,4,6-8,12-14H2,1-3H3. The van der Waals surface area contributed by atoms with E-state index in [0.29, 0.717) is 29.9 Å². The fourth-order valence-electron chi connectivity index (χ4n) is 4.14. The summed E-state index contributed by atoms with van der Waals surface area (Å²) in [5, 5.41) is 12.5. The number of phenolic OH excluding ortho intramolecular Hbond substituents is 1. The van der Waals surface area contributed by atoms with Crippen LogP contribution >= 0.6 is 11.3 Å². The highest BCUT2D eigenvalue weighted by molar-refractivity contribution is 7.07. The zero-order valence-electron chi connectivity index (χ0n) is 19.5. The summed E-state index contributed by atoms with van der Waals surface area (Å²) in [5.74, 6) is 1.81. The number of carbonyl (C=O) groups is 1. The van der Waals surface area contributed by atoms with E-state index < -0.39 is 0 Å². The maximum absolute atomic E-state index is 12.3. The molecule has 0 radical (unpaired) electrons. The lowest BCUT2D eigenvalue weighted by Gasteiger charge is -2.14. The Kier molecular flexibility index (Phi) is 7.28. The van der Waals surface area contributed by atoms with Gasteiger partial charge >= 0.3 is 0 Å². The number of unbranched alkanes of at least 4 members (excludes halogenated alkanes) is 1. The van der Waals surface area contributed by atoms with Crippen molar-refractivity contribution in [1.29, 1.82) is 0 Å². The number of fused-ring (bicyclic) bond motifs is 1. The Balaban J connectivity index is 1.36. The van der Waals surface area contributed by atoms with Crippen LogP contribution in [0.2, 0.25) is 0 Å². The van der Waals surface area contributed by atoms with Crippen molar-refractivity contribution in [3.05, 3.63) is 51.6 Å². The number of carbonyl (C=O) groups excluding carboxylic acids is 1. The van der Waals surface area contributed by atoms with Gasteiger partial charge in [0.15, 0.2) is 11.6 Å². The lowest BCUT2D eigenvalue weighted by atomic mass is 9.98. The van der Waals surface area contributed by atoms with Crippen LogP contribution in [-0.4, -0.2) is 32.0 Å². The van der Waals surface area contributed by atoms with Gasteiger partial charge < -0.3 is 14.4 Å². The topological polar surface area (TPSA) is 77.2 Å². The van der Waals surface area contributed by atoms with Crippen LogP contribution in [0.3, 0.4) is 0 Å². The summed E-state index contributed by atoms with van der Waals surface area (Å²) in [6.07, 6.45) is 8.60. The Hall–Kier alpha value is -2.93. The van der Waals surface area contributed by atoms with Crippen LogP contribution < -0.4 is 4.74 Å². The summed E-state index contributed by atoms with van der Waals surface area (Å²) in [5.41, 5.74) is 6.10. The molecule has 0 spiro atoms. The monoisotopic (exact) mass is 465 g/mol. The first-order valence-electron chi connectivity index (χ1n) is 11.6. The lowest BCUT2D eigenvalue weighted by molar-refractivity contribution is 0.0965. The molecule has 2 heterocycles. The molecular formula is C26H31N3O3S. The van der Waals surface area contributed by atoms with Gasteiger partial charge in [-0.1, -0.05) is 19.9 Å². The number of aromatic nitrogens is 3. The smallest absolute Gasteiger partial charge is 0.166 e. The highest BCUT2D eigenvalue weighted by Gasteiger charge is 2.20. The zero-order valence-corrected chi connectivity index (χ0v) is 20.3. The summed E-state index contributed by atoms with van der Waals surface area (Å²) in [6, 6.07) is 3.46. The van der Waals surface area contributed by atoms with Crippen molar-refractivity contribution in [3.63, 3.8) is 0 Å². The van der Waals surface area contributed by atoms with Crippen LogP contribution in [-0.2, 0) is 13.0 Å². The number of hydrogen-bond acceptors (Lipinski definition) is 6. The second kappa shape index (κ2) is 10.3. The fraction of sp³-hybridized carbons (Fsp3) is 0.423. The van der Waals surface area contributed by atoms with Gasteiger partial charge in [-0.05, 0) is 56.7 Å². The molecule has 4 rings (SSSR count). The highest BCUT2D eigenvalue weighted by atomic mass is 32.1. The first-order chi connectivity index (χ1) is 16.0. The Labute approximate surface area is 199 Å². The minimum Gasteiger partial charge on any atom is -0.507 e. The minimum absolute atomic E-state index is 0.0304. The number of phenols is 1. The summed E-state index contributed by atoms with van der Waals surface area (Å²) in [6.45, 7) is 7.17. The van der Waals surface area contributed by atoms with E-state index in [2.05, 4.69) is 21.7 Å². The molecule has 3 aromatic rings. The van der Waals surface area contributed by atoms with Crippen LogP contribution in [0.1, 0.15) is 66.8 Å². The largest absolute Gasteiger partial charge is 0.507 e. The van der Waals surface area contributed by atoms with Crippen molar-refractivity contribution >= 4 is 23.2 Å². The number of hydrogen-bond donors (Lipinski definition) is 1. The number of allylic oxidation sites excluding steroid dienone is 1. The maximum Gasteiger partial charge on any atom is 0.166 e. The van der Waals surface area contributed by atoms with Gasteiger partial charge in [-0.15, -0.1) is 11.3 Å². The number of ketones is 1. The predicted molar refractivity (Wildman–Crippen MR) is 132 cm³/mol. The van der Waals surface area contributed by atoms with E-state index in [-0.39, 0.29) is 17.5 Å². The quantitative estimate of drug-likeness (QED) is 0.290. The van der Waals surface area contributed by atoms with Crippen LogP contribution in [0.4, 0.5) is 0 Å². The molecule has 1 N–H and O–H groups in total. The Bertz CT molecular complexity index is 1150. The molecular weight excluding hydrogens is 434 g/mol. The van der Waals surface area contributed by atoms with Crippen LogP contribution in [0.15, 0.2) is 29.1 Å². The molecule has 0 unspecified atom stereocenters. The average molecular weight is 466 g/mol. The molecule has 33 heavy (non-hydrogen) atoms. The van der Waals surface area contributed by atoms with E-state index in [9.17, 15) is 9.90 Å². The van der Waals surface area contributed by atoms with E-state index >= 15 is 0 Å². The number of ether oxygens (including phenoxy) is 1. The number of rotatable bonds is 10. The molecule has 0 atom stereocenters. The molecule has 1 aromatic carbocycles. The second-order valence-electron chi connectivity index (χ2n) is 8.90. The van der Waals surface area contributed by atoms with Gasteiger partial charge in [-0.25, -0.2) is 9.97 Å². The summed E-state index contributed by atoms with van der Waals surface area (Å²) < 4.78 is 8.22. The van der Waals surface area contributed by atoms with E-state index in [1.54, 1.807) is 30.4 Å². The van der Waals surface area contributed by atoms with Crippen LogP contribution in [0.25, 0.3) is 17.6 Å². The Morgan fingerprint density at radius 1 is 1.30 bits per heavy atom. The normalized spacial score (nSPS) is 12.8. The molecule has 0 saturated heterocycles. The number of aromatic hydroxyl groups is 1. The number of thiazole rings is 1. The molecule has 1 aliphatic rings. The number of nitrogens with zero attached hydrogens (tertiary/aromatic N) is 3. The zero-order chi connectivity index (χ0) is 23.4. The van der Waals surface area contributed by atoms with Gasteiger partial charge in [0, 0.05) is 23.9 Å².